The lowest BCUT2D eigenvalue weighted by Gasteiger charge is -2.31. The number of aliphatic hydroxyl groups is 1. The van der Waals surface area contributed by atoms with Crippen molar-refractivity contribution in [2.75, 3.05) is 45.9 Å². The summed E-state index contributed by atoms with van der Waals surface area (Å²) in [5.41, 5.74) is 1.71. The van der Waals surface area contributed by atoms with Gasteiger partial charge in [-0.15, -0.1) is 11.3 Å². The Morgan fingerprint density at radius 1 is 1.05 bits per heavy atom. The molecule has 1 aliphatic rings. The molecule has 0 aliphatic carbocycles. The highest BCUT2D eigenvalue weighted by Gasteiger charge is 2.29. The molecule has 10 nitrogen and oxygen atoms in total. The lowest BCUT2D eigenvalue weighted by atomic mass is 9.90. The number of amides is 1. The summed E-state index contributed by atoms with van der Waals surface area (Å²) in [7, 11) is 4.16. The van der Waals surface area contributed by atoms with Crippen LogP contribution < -0.4 is 4.90 Å². The summed E-state index contributed by atoms with van der Waals surface area (Å²) in [5, 5.41) is 11.0. The van der Waals surface area contributed by atoms with E-state index in [-0.39, 0.29) is 12.3 Å². The van der Waals surface area contributed by atoms with Crippen LogP contribution in [0.25, 0.3) is 10.7 Å². The number of rotatable bonds is 14. The van der Waals surface area contributed by atoms with Crippen LogP contribution >= 0.6 is 11.3 Å². The second kappa shape index (κ2) is 15.2. The molecule has 3 heterocycles. The Labute approximate surface area is 244 Å². The molecule has 0 spiro atoms. The van der Waals surface area contributed by atoms with Crippen molar-refractivity contribution in [2.45, 2.75) is 44.8 Å². The normalized spacial score (nSPS) is 15.2. The number of methoxy groups -OCH3 is 3. The number of anilines is 1. The number of carbonyl (C=O) groups excluding carboxylic acids is 2. The maximum absolute atomic E-state index is 13.4. The minimum absolute atomic E-state index is 0.0158. The monoisotopic (exact) mass is 582 g/mol. The molecule has 1 amide bonds. The summed E-state index contributed by atoms with van der Waals surface area (Å²) in [4.78, 5) is 40.3. The van der Waals surface area contributed by atoms with Crippen molar-refractivity contribution < 1.29 is 28.9 Å². The van der Waals surface area contributed by atoms with E-state index in [1.54, 1.807) is 41.8 Å². The van der Waals surface area contributed by atoms with Gasteiger partial charge in [0.2, 0.25) is 6.29 Å². The quantitative estimate of drug-likeness (QED) is 0.223. The molecule has 220 valence electrons. The number of piperidine rings is 1. The van der Waals surface area contributed by atoms with Crippen molar-refractivity contribution in [2.24, 2.45) is 5.92 Å². The number of para-hydroxylation sites is 1. The van der Waals surface area contributed by atoms with E-state index in [2.05, 4.69) is 14.9 Å². The van der Waals surface area contributed by atoms with Gasteiger partial charge in [-0.25, -0.2) is 4.98 Å². The molecule has 1 unspecified atom stereocenters. The summed E-state index contributed by atoms with van der Waals surface area (Å²) in [6.07, 6.45) is 4.49. The van der Waals surface area contributed by atoms with E-state index in [9.17, 15) is 14.7 Å². The van der Waals surface area contributed by atoms with E-state index in [1.165, 1.54) is 31.1 Å². The molecule has 1 N–H and O–H groups in total. The van der Waals surface area contributed by atoms with Crippen LogP contribution in [0.2, 0.25) is 0 Å². The zero-order valence-corrected chi connectivity index (χ0v) is 24.6. The number of ketones is 1. The summed E-state index contributed by atoms with van der Waals surface area (Å²) in [5.74, 6) is -0.301. The minimum atomic E-state index is -1.68. The predicted octanol–water partition coefficient (Wildman–Crippen LogP) is 4.00. The number of pyridine rings is 1. The number of aromatic nitrogens is 2. The number of Topliss-reactive ketones (excluding diaryl/α,β-unsaturated/α-hetero) is 1. The molecule has 0 saturated carbocycles. The van der Waals surface area contributed by atoms with Crippen molar-refractivity contribution in [3.63, 3.8) is 0 Å². The Bertz CT molecular complexity index is 1260. The van der Waals surface area contributed by atoms with Crippen molar-refractivity contribution in [1.29, 1.82) is 0 Å². The van der Waals surface area contributed by atoms with Crippen molar-refractivity contribution in [1.82, 2.24) is 14.9 Å². The molecule has 1 atom stereocenters. The molecule has 1 aromatic carbocycles. The maximum Gasteiger partial charge on any atom is 0.283 e. The number of ether oxygens (including phenoxy) is 3. The topological polar surface area (TPSA) is 114 Å². The van der Waals surface area contributed by atoms with Gasteiger partial charge >= 0.3 is 0 Å². The first-order valence-electron chi connectivity index (χ1n) is 13.7. The number of hydrogen-bond donors (Lipinski definition) is 1. The molecule has 0 radical (unpaired) electrons. The van der Waals surface area contributed by atoms with Gasteiger partial charge in [0.05, 0.1) is 17.9 Å². The highest BCUT2D eigenvalue weighted by Crippen LogP contribution is 2.29. The zero-order valence-electron chi connectivity index (χ0n) is 23.8. The van der Waals surface area contributed by atoms with Crippen LogP contribution in [0, 0.1) is 5.92 Å². The number of hydrogen-bond acceptors (Lipinski definition) is 10. The average molecular weight is 583 g/mol. The van der Waals surface area contributed by atoms with Gasteiger partial charge in [-0.2, -0.15) is 0 Å². The number of benzene rings is 1. The van der Waals surface area contributed by atoms with E-state index >= 15 is 0 Å². The molecule has 3 aromatic rings. The Hall–Kier alpha value is -3.06. The van der Waals surface area contributed by atoms with Crippen LogP contribution in [0.1, 0.15) is 40.9 Å². The third-order valence-electron chi connectivity index (χ3n) is 7.36. The Morgan fingerprint density at radius 3 is 2.46 bits per heavy atom. The van der Waals surface area contributed by atoms with Gasteiger partial charge in [-0.1, -0.05) is 18.2 Å². The van der Waals surface area contributed by atoms with Crippen molar-refractivity contribution in [3.8, 4) is 10.7 Å². The van der Waals surface area contributed by atoms with Gasteiger partial charge in [0, 0.05) is 57.1 Å². The maximum atomic E-state index is 13.4. The molecule has 2 aromatic heterocycles. The van der Waals surface area contributed by atoms with Gasteiger partial charge in [-0.05, 0) is 62.5 Å². The zero-order chi connectivity index (χ0) is 29.2. The molecular formula is C30H38N4O6S. The predicted molar refractivity (Wildman–Crippen MR) is 157 cm³/mol. The van der Waals surface area contributed by atoms with Crippen molar-refractivity contribution in [3.05, 3.63) is 65.3 Å². The standard InChI is InChI=1S/C30H38N4O6S/c1-38-27(39-2)20-34(29(36)30(37)40-3)25-10-5-4-8-23(25)26(35)12-11-21-13-16-33(17-14-21)19-22-18-32-28(41-22)24-9-6-7-15-31-24/h4-10,15,18,21,27,30,37H,11-14,16-17,19-20H2,1-3H3. The molecule has 1 aliphatic heterocycles. The SMILES string of the molecule is COC(CN(C(=O)C(O)OC)c1ccccc1C(=O)CCC1CCN(Cc2cnc(-c3ccccn3)s2)CC1)OC. The summed E-state index contributed by atoms with van der Waals surface area (Å²) < 4.78 is 15.4. The number of carbonyl (C=O) groups is 2. The van der Waals surface area contributed by atoms with E-state index in [0.717, 1.165) is 49.6 Å². The Balaban J connectivity index is 1.33. The fourth-order valence-electron chi connectivity index (χ4n) is 4.99. The van der Waals surface area contributed by atoms with E-state index in [4.69, 9.17) is 14.2 Å². The van der Waals surface area contributed by atoms with Gasteiger partial charge < -0.3 is 24.2 Å². The first-order valence-corrected chi connectivity index (χ1v) is 14.5. The second-order valence-corrected chi connectivity index (χ2v) is 11.1. The smallest absolute Gasteiger partial charge is 0.283 e. The summed E-state index contributed by atoms with van der Waals surface area (Å²) in [6, 6.07) is 12.8. The third-order valence-corrected chi connectivity index (χ3v) is 8.36. The van der Waals surface area contributed by atoms with Crippen LogP contribution in [0.15, 0.2) is 54.9 Å². The average Bonchev–Trinajstić information content (AvgIpc) is 3.49. The van der Waals surface area contributed by atoms with Gasteiger partial charge in [-0.3, -0.25) is 19.5 Å². The molecule has 1 fully saturated rings. The minimum Gasteiger partial charge on any atom is -0.360 e. The Morgan fingerprint density at radius 2 is 1.78 bits per heavy atom. The van der Waals surface area contributed by atoms with Crippen LogP contribution in [-0.4, -0.2) is 85.2 Å². The van der Waals surface area contributed by atoms with Gasteiger partial charge in [0.1, 0.15) is 5.01 Å². The van der Waals surface area contributed by atoms with E-state index in [0.29, 0.717) is 23.6 Å². The molecule has 11 heteroatoms. The van der Waals surface area contributed by atoms with Crippen LogP contribution in [0.5, 0.6) is 0 Å². The number of thiazole rings is 1. The fourth-order valence-corrected chi connectivity index (χ4v) is 5.92. The molecule has 41 heavy (non-hydrogen) atoms. The summed E-state index contributed by atoms with van der Waals surface area (Å²) in [6.45, 7) is 2.79. The second-order valence-electron chi connectivity index (χ2n) is 9.98. The van der Waals surface area contributed by atoms with Crippen molar-refractivity contribution >= 4 is 28.7 Å². The first kappa shape index (κ1) is 30.9. The summed E-state index contributed by atoms with van der Waals surface area (Å²) >= 11 is 1.68. The highest BCUT2D eigenvalue weighted by molar-refractivity contribution is 7.14. The highest BCUT2D eigenvalue weighted by atomic mass is 32.1. The van der Waals surface area contributed by atoms with E-state index < -0.39 is 18.5 Å². The third kappa shape index (κ3) is 8.25. The molecule has 0 bridgehead atoms. The van der Waals surface area contributed by atoms with Gasteiger partial charge in [0.25, 0.3) is 5.91 Å². The van der Waals surface area contributed by atoms with Crippen LogP contribution in [0.3, 0.4) is 0 Å². The van der Waals surface area contributed by atoms with Gasteiger partial charge in [0.15, 0.2) is 12.1 Å². The Kier molecular flexibility index (Phi) is 11.5. The molecule has 4 rings (SSSR count). The number of nitrogens with zero attached hydrogens (tertiary/aromatic N) is 4. The lowest BCUT2D eigenvalue weighted by Crippen LogP contribution is -2.45. The van der Waals surface area contributed by atoms with E-state index in [1.807, 2.05) is 24.4 Å². The first-order chi connectivity index (χ1) is 19.9. The largest absolute Gasteiger partial charge is 0.360 e. The number of likely N-dealkylation sites (tertiary alicyclic amines) is 1. The lowest BCUT2D eigenvalue weighted by molar-refractivity contribution is -0.152. The molecule has 1 saturated heterocycles. The number of aliphatic hydroxyl groups excluding tert-OH is 1. The van der Waals surface area contributed by atoms with Crippen LogP contribution in [0.4, 0.5) is 5.69 Å². The molecular weight excluding hydrogens is 544 g/mol. The fraction of sp³-hybridized carbons (Fsp3) is 0.467. The van der Waals surface area contributed by atoms with Crippen LogP contribution in [-0.2, 0) is 25.5 Å².